The highest BCUT2D eigenvalue weighted by atomic mass is 16.3. The second-order valence-corrected chi connectivity index (χ2v) is 7.48. The van der Waals surface area contributed by atoms with Gasteiger partial charge >= 0.3 is 0 Å². The lowest BCUT2D eigenvalue weighted by atomic mass is 9.55. The Kier molecular flexibility index (Phi) is 4.88. The van der Waals surface area contributed by atoms with Crippen molar-refractivity contribution in [3.05, 3.63) is 0 Å². The number of hydrogen-bond donors (Lipinski definition) is 2. The SMILES string of the molecule is CC(C)C1CC(O)C(C)(O)C(C(C)C)C1C(C)C. The Morgan fingerprint density at radius 1 is 0.944 bits per heavy atom. The molecular formula is C16H32O2. The standard InChI is InChI=1S/C16H32O2/c1-9(2)12-8-13(17)16(7,18)15(11(5)6)14(12)10(3)4/h9-15,17-18H,8H2,1-7H3. The van der Waals surface area contributed by atoms with E-state index in [2.05, 4.69) is 41.5 Å². The van der Waals surface area contributed by atoms with Gasteiger partial charge in [-0.25, -0.2) is 0 Å². The zero-order chi connectivity index (χ0) is 14.2. The van der Waals surface area contributed by atoms with Crippen molar-refractivity contribution in [2.24, 2.45) is 35.5 Å². The molecule has 0 aliphatic heterocycles. The van der Waals surface area contributed by atoms with E-state index in [1.54, 1.807) is 0 Å². The molecule has 0 aromatic carbocycles. The van der Waals surface area contributed by atoms with E-state index in [0.29, 0.717) is 29.6 Å². The van der Waals surface area contributed by atoms with Crippen molar-refractivity contribution in [1.82, 2.24) is 0 Å². The van der Waals surface area contributed by atoms with Crippen LogP contribution in [0.3, 0.4) is 0 Å². The summed E-state index contributed by atoms with van der Waals surface area (Å²) in [4.78, 5) is 0. The third-order valence-electron chi connectivity index (χ3n) is 5.10. The van der Waals surface area contributed by atoms with E-state index in [9.17, 15) is 10.2 Å². The zero-order valence-corrected chi connectivity index (χ0v) is 13.1. The summed E-state index contributed by atoms with van der Waals surface area (Å²) < 4.78 is 0. The van der Waals surface area contributed by atoms with E-state index in [1.807, 2.05) is 6.92 Å². The van der Waals surface area contributed by atoms with Crippen molar-refractivity contribution in [2.45, 2.75) is 66.6 Å². The van der Waals surface area contributed by atoms with Gasteiger partial charge in [-0.15, -0.1) is 0 Å². The van der Waals surface area contributed by atoms with Gasteiger partial charge in [0, 0.05) is 0 Å². The topological polar surface area (TPSA) is 40.5 Å². The first-order valence-corrected chi connectivity index (χ1v) is 7.51. The number of hydrogen-bond acceptors (Lipinski definition) is 2. The predicted molar refractivity (Wildman–Crippen MR) is 76.2 cm³/mol. The Morgan fingerprint density at radius 3 is 1.78 bits per heavy atom. The van der Waals surface area contributed by atoms with Crippen molar-refractivity contribution in [3.63, 3.8) is 0 Å². The molecule has 2 nitrogen and oxygen atoms in total. The van der Waals surface area contributed by atoms with Crippen LogP contribution < -0.4 is 0 Å². The number of aliphatic hydroxyl groups excluding tert-OH is 1. The van der Waals surface area contributed by atoms with Crippen molar-refractivity contribution in [1.29, 1.82) is 0 Å². The lowest BCUT2D eigenvalue weighted by Crippen LogP contribution is -2.59. The molecule has 18 heavy (non-hydrogen) atoms. The molecule has 0 heterocycles. The van der Waals surface area contributed by atoms with Gasteiger partial charge in [-0.2, -0.15) is 0 Å². The molecular weight excluding hydrogens is 224 g/mol. The third-order valence-corrected chi connectivity index (χ3v) is 5.10. The zero-order valence-electron chi connectivity index (χ0n) is 13.1. The lowest BCUT2D eigenvalue weighted by Gasteiger charge is -2.54. The van der Waals surface area contributed by atoms with E-state index < -0.39 is 11.7 Å². The van der Waals surface area contributed by atoms with Gasteiger partial charge in [0.1, 0.15) is 0 Å². The summed E-state index contributed by atoms with van der Waals surface area (Å²) in [6.07, 6.45) is 0.142. The second kappa shape index (κ2) is 5.50. The van der Waals surface area contributed by atoms with Crippen LogP contribution in [0.5, 0.6) is 0 Å². The van der Waals surface area contributed by atoms with Crippen LogP contribution in [0.1, 0.15) is 54.9 Å². The molecule has 2 heteroatoms. The fourth-order valence-corrected chi connectivity index (χ4v) is 4.28. The Balaban J connectivity index is 3.17. The minimum atomic E-state index is -0.950. The normalized spacial score (nSPS) is 42.0. The molecule has 0 amide bonds. The van der Waals surface area contributed by atoms with E-state index in [4.69, 9.17) is 0 Å². The molecule has 0 bridgehead atoms. The molecule has 1 aliphatic rings. The number of rotatable bonds is 3. The summed E-state index contributed by atoms with van der Waals surface area (Å²) in [5, 5.41) is 21.1. The molecule has 2 N–H and O–H groups in total. The smallest absolute Gasteiger partial charge is 0.0910 e. The molecule has 1 fully saturated rings. The average Bonchev–Trinajstić information content (AvgIpc) is 2.19. The molecule has 1 saturated carbocycles. The van der Waals surface area contributed by atoms with E-state index in [0.717, 1.165) is 6.42 Å². The largest absolute Gasteiger partial charge is 0.390 e. The molecule has 0 spiro atoms. The molecule has 0 aromatic heterocycles. The highest BCUT2D eigenvalue weighted by Crippen LogP contribution is 2.50. The molecule has 0 saturated heterocycles. The van der Waals surface area contributed by atoms with Gasteiger partial charge in [0.05, 0.1) is 11.7 Å². The average molecular weight is 256 g/mol. The molecule has 108 valence electrons. The maximum Gasteiger partial charge on any atom is 0.0910 e. The second-order valence-electron chi connectivity index (χ2n) is 7.48. The first-order chi connectivity index (χ1) is 8.10. The maximum atomic E-state index is 10.7. The van der Waals surface area contributed by atoms with Crippen molar-refractivity contribution in [2.75, 3.05) is 0 Å². The highest BCUT2D eigenvalue weighted by Gasteiger charge is 2.52. The summed E-state index contributed by atoms with van der Waals surface area (Å²) in [7, 11) is 0. The fraction of sp³-hybridized carbons (Fsp3) is 1.00. The Hall–Kier alpha value is -0.0800. The molecule has 5 atom stereocenters. The summed E-state index contributed by atoms with van der Waals surface area (Å²) in [5.74, 6) is 2.67. The predicted octanol–water partition coefficient (Wildman–Crippen LogP) is 3.32. The maximum absolute atomic E-state index is 10.7. The molecule has 5 unspecified atom stereocenters. The van der Waals surface area contributed by atoms with Gasteiger partial charge in [-0.05, 0) is 48.9 Å². The van der Waals surface area contributed by atoms with Gasteiger partial charge in [0.2, 0.25) is 0 Å². The Bertz CT molecular complexity index is 268. The Morgan fingerprint density at radius 2 is 1.44 bits per heavy atom. The molecule has 1 aliphatic carbocycles. The highest BCUT2D eigenvalue weighted by molar-refractivity contribution is 5.02. The summed E-state index contributed by atoms with van der Waals surface area (Å²) in [6.45, 7) is 15.2. The van der Waals surface area contributed by atoms with E-state index in [-0.39, 0.29) is 5.92 Å². The van der Waals surface area contributed by atoms with Gasteiger partial charge < -0.3 is 10.2 Å². The van der Waals surface area contributed by atoms with E-state index >= 15 is 0 Å². The van der Waals surface area contributed by atoms with Crippen LogP contribution in [0.15, 0.2) is 0 Å². The van der Waals surface area contributed by atoms with Crippen LogP contribution in [0, 0.1) is 35.5 Å². The van der Waals surface area contributed by atoms with Gasteiger partial charge in [-0.3, -0.25) is 0 Å². The van der Waals surface area contributed by atoms with Gasteiger partial charge in [0.15, 0.2) is 0 Å². The van der Waals surface area contributed by atoms with Gasteiger partial charge in [-0.1, -0.05) is 41.5 Å². The van der Waals surface area contributed by atoms with E-state index in [1.165, 1.54) is 0 Å². The molecule has 0 radical (unpaired) electrons. The summed E-state index contributed by atoms with van der Waals surface area (Å²) >= 11 is 0. The molecule has 1 rings (SSSR count). The quantitative estimate of drug-likeness (QED) is 0.813. The van der Waals surface area contributed by atoms with Crippen LogP contribution in [0.25, 0.3) is 0 Å². The van der Waals surface area contributed by atoms with Crippen molar-refractivity contribution in [3.8, 4) is 0 Å². The fourth-order valence-electron chi connectivity index (χ4n) is 4.28. The van der Waals surface area contributed by atoms with Gasteiger partial charge in [0.25, 0.3) is 0 Å². The van der Waals surface area contributed by atoms with Crippen LogP contribution in [0.4, 0.5) is 0 Å². The van der Waals surface area contributed by atoms with Crippen molar-refractivity contribution >= 4 is 0 Å². The van der Waals surface area contributed by atoms with Crippen LogP contribution in [0.2, 0.25) is 0 Å². The summed E-state index contributed by atoms with van der Waals surface area (Å²) in [5.41, 5.74) is -0.950. The minimum Gasteiger partial charge on any atom is -0.390 e. The van der Waals surface area contributed by atoms with Crippen LogP contribution >= 0.6 is 0 Å². The summed E-state index contributed by atoms with van der Waals surface area (Å²) in [6, 6.07) is 0. The molecule has 0 aromatic rings. The minimum absolute atomic E-state index is 0.175. The third kappa shape index (κ3) is 2.75. The lowest BCUT2D eigenvalue weighted by molar-refractivity contribution is -0.185. The first-order valence-electron chi connectivity index (χ1n) is 7.51. The van der Waals surface area contributed by atoms with Crippen LogP contribution in [-0.4, -0.2) is 21.9 Å². The van der Waals surface area contributed by atoms with Crippen LogP contribution in [-0.2, 0) is 0 Å². The monoisotopic (exact) mass is 256 g/mol. The number of aliphatic hydroxyl groups is 2. The first kappa shape index (κ1) is 16.0. The Labute approximate surface area is 113 Å². The van der Waals surface area contributed by atoms with Crippen molar-refractivity contribution < 1.29 is 10.2 Å².